The number of hydrogen-bond donors (Lipinski definition) is 4. The molecule has 0 saturated carbocycles. The van der Waals surface area contributed by atoms with Gasteiger partial charge in [-0.3, -0.25) is 4.57 Å². The van der Waals surface area contributed by atoms with Crippen LogP contribution in [-0.2, 0) is 9.26 Å². The molecule has 0 radical (unpaired) electrons. The lowest BCUT2D eigenvalue weighted by Crippen LogP contribution is -2.43. The summed E-state index contributed by atoms with van der Waals surface area (Å²) in [5.74, 6) is 0.189. The first-order chi connectivity index (χ1) is 15.1. The Balaban J connectivity index is 1.94. The van der Waals surface area contributed by atoms with Crippen molar-refractivity contribution in [2.75, 3.05) is 18.5 Å². The van der Waals surface area contributed by atoms with E-state index in [1.807, 2.05) is 32.4 Å². The molecule has 0 aliphatic carbocycles. The first-order valence-electron chi connectivity index (χ1n) is 10.5. The van der Waals surface area contributed by atoms with E-state index in [-0.39, 0.29) is 30.5 Å². The van der Waals surface area contributed by atoms with Crippen LogP contribution in [0.25, 0.3) is 11.2 Å². The molecule has 2 aromatic heterocycles. The van der Waals surface area contributed by atoms with Crippen LogP contribution in [0.3, 0.4) is 0 Å². The number of hydrogen-bond acceptors (Lipinski definition) is 11. The number of nitrogen functional groups attached to an aromatic ring is 1. The summed E-state index contributed by atoms with van der Waals surface area (Å²) in [6, 6.07) is 1.90. The molecular weight excluding hydrogens is 437 g/mol. The minimum Gasteiger partial charge on any atom is -0.394 e. The summed E-state index contributed by atoms with van der Waals surface area (Å²) in [5, 5.41) is 30.2. The van der Waals surface area contributed by atoms with Crippen LogP contribution < -0.4 is 5.73 Å². The normalized spacial score (nSPS) is 25.7. The fraction of sp³-hybridized carbons (Fsp3) is 0.684. The molecule has 0 bridgehead atoms. The van der Waals surface area contributed by atoms with Crippen LogP contribution in [0.1, 0.15) is 40.3 Å². The van der Waals surface area contributed by atoms with Crippen LogP contribution in [0.5, 0.6) is 0 Å². The number of nitrogens with two attached hydrogens (primary N) is 1. The molecule has 0 spiro atoms. The fourth-order valence-electron chi connectivity index (χ4n) is 4.21. The molecule has 5 atom stereocenters. The number of rotatable bonds is 9. The van der Waals surface area contributed by atoms with Crippen LogP contribution in [-0.4, -0.2) is 82.5 Å². The molecule has 5 N–H and O–H groups in total. The molecule has 0 aromatic carbocycles. The molecule has 1 aliphatic heterocycles. The fourth-order valence-corrected chi connectivity index (χ4v) is 7.14. The second-order valence-corrected chi connectivity index (χ2v) is 10.7. The highest BCUT2D eigenvalue weighted by Crippen LogP contribution is 2.63. The van der Waals surface area contributed by atoms with Gasteiger partial charge in [-0.15, -0.1) is 4.67 Å². The van der Waals surface area contributed by atoms with Gasteiger partial charge in [0.15, 0.2) is 23.8 Å². The molecule has 13 heteroatoms. The van der Waals surface area contributed by atoms with Crippen molar-refractivity contribution in [3.8, 4) is 6.07 Å². The van der Waals surface area contributed by atoms with Gasteiger partial charge in [-0.2, -0.15) is 9.79 Å². The Bertz CT molecular complexity index is 959. The summed E-state index contributed by atoms with van der Waals surface area (Å²) >= 11 is 0. The minimum atomic E-state index is -3.32. The highest BCUT2D eigenvalue weighted by Gasteiger charge is 2.57. The molecule has 12 nitrogen and oxygen atoms in total. The third kappa shape index (κ3) is 4.56. The lowest BCUT2D eigenvalue weighted by atomic mass is 10.1. The molecule has 32 heavy (non-hydrogen) atoms. The van der Waals surface area contributed by atoms with Crippen molar-refractivity contribution in [3.05, 3.63) is 12.7 Å². The largest absolute Gasteiger partial charge is 0.394 e. The van der Waals surface area contributed by atoms with E-state index >= 15 is 0 Å². The number of nitrogens with zero attached hydrogens (tertiary/aromatic N) is 6. The number of anilines is 1. The van der Waals surface area contributed by atoms with Crippen LogP contribution in [0.15, 0.2) is 12.7 Å². The van der Waals surface area contributed by atoms with Crippen LogP contribution in [0.2, 0.25) is 0 Å². The summed E-state index contributed by atoms with van der Waals surface area (Å²) in [4.78, 5) is 23.9. The number of nitriles is 1. The predicted molar refractivity (Wildman–Crippen MR) is 118 cm³/mol. The summed E-state index contributed by atoms with van der Waals surface area (Å²) in [7, 11) is -3.32. The average molecular weight is 468 g/mol. The van der Waals surface area contributed by atoms with Crippen LogP contribution in [0, 0.1) is 11.3 Å². The average Bonchev–Trinajstić information content (AvgIpc) is 3.28. The first-order valence-corrected chi connectivity index (χ1v) is 12.3. The molecule has 1 aliphatic rings. The Labute approximate surface area is 187 Å². The second-order valence-electron chi connectivity index (χ2n) is 8.26. The number of fused-ring (bicyclic) bond motifs is 1. The van der Waals surface area contributed by atoms with Gasteiger partial charge < -0.3 is 20.7 Å². The van der Waals surface area contributed by atoms with Gasteiger partial charge in [-0.05, 0) is 27.7 Å². The van der Waals surface area contributed by atoms with E-state index in [9.17, 15) is 15.1 Å². The van der Waals surface area contributed by atoms with E-state index in [2.05, 4.69) is 21.0 Å². The standard InChI is InChI=1S/C19H31N7O5P/c1-11(2)26(12(3)4)32(29,7-5-6-20)31-16-13(8-27)30-19(15(16)28)25-10-24-14-17(21)22-9-23-18(14)25/h9-13,15-16,19,27-29H,5,7-8H2,1-4H3,(H2,21,22,23)/q+1/t13-,15-,16-,19-,32?/m1/s1. The number of imidazole rings is 1. The zero-order valence-corrected chi connectivity index (χ0v) is 19.5. The molecule has 1 fully saturated rings. The maximum Gasteiger partial charge on any atom is 0.347 e. The summed E-state index contributed by atoms with van der Waals surface area (Å²) in [6.45, 7) is 7.27. The monoisotopic (exact) mass is 468 g/mol. The maximum atomic E-state index is 11.6. The molecule has 2 aromatic rings. The summed E-state index contributed by atoms with van der Waals surface area (Å²) < 4.78 is 15.4. The highest BCUT2D eigenvalue weighted by molar-refractivity contribution is 7.63. The Hall–Kier alpha value is -1.97. The Kier molecular flexibility index (Phi) is 7.62. The number of aliphatic hydroxyl groups excluding tert-OH is 2. The van der Waals surface area contributed by atoms with E-state index < -0.39 is 39.0 Å². The predicted octanol–water partition coefficient (Wildman–Crippen LogP) is 0.832. The second kappa shape index (κ2) is 9.89. The molecule has 0 amide bonds. The van der Waals surface area contributed by atoms with Crippen molar-refractivity contribution in [2.45, 2.75) is 70.7 Å². The molecule has 1 unspecified atom stereocenters. The zero-order valence-electron chi connectivity index (χ0n) is 18.6. The molecule has 3 heterocycles. The van der Waals surface area contributed by atoms with Crippen molar-refractivity contribution >= 4 is 24.8 Å². The van der Waals surface area contributed by atoms with Gasteiger partial charge in [0.05, 0.1) is 25.4 Å². The zero-order chi connectivity index (χ0) is 23.6. The molecule has 176 valence electrons. The van der Waals surface area contributed by atoms with Crippen molar-refractivity contribution < 1.29 is 24.4 Å². The third-order valence-electron chi connectivity index (χ3n) is 5.38. The van der Waals surface area contributed by atoms with Crippen LogP contribution in [0.4, 0.5) is 5.82 Å². The lowest BCUT2D eigenvalue weighted by molar-refractivity contribution is -0.0507. The quantitative estimate of drug-likeness (QED) is 0.383. The van der Waals surface area contributed by atoms with Gasteiger partial charge in [0, 0.05) is 12.1 Å². The minimum absolute atomic E-state index is 0.0767. The van der Waals surface area contributed by atoms with Gasteiger partial charge in [-0.1, -0.05) is 0 Å². The molecule has 3 rings (SSSR count). The van der Waals surface area contributed by atoms with E-state index in [1.165, 1.54) is 17.2 Å². The van der Waals surface area contributed by atoms with Crippen molar-refractivity contribution in [3.63, 3.8) is 0 Å². The summed E-state index contributed by atoms with van der Waals surface area (Å²) in [5.41, 5.74) is 6.57. The number of ether oxygens (including phenoxy) is 1. The van der Waals surface area contributed by atoms with E-state index in [0.29, 0.717) is 11.2 Å². The highest BCUT2D eigenvalue weighted by atomic mass is 31.2. The van der Waals surface area contributed by atoms with Crippen LogP contribution >= 0.6 is 7.87 Å². The Morgan fingerprint density at radius 2 is 2.00 bits per heavy atom. The Morgan fingerprint density at radius 1 is 1.31 bits per heavy atom. The van der Waals surface area contributed by atoms with Gasteiger partial charge >= 0.3 is 7.87 Å². The smallest absolute Gasteiger partial charge is 0.347 e. The third-order valence-corrected chi connectivity index (χ3v) is 8.41. The topological polar surface area (TPSA) is 176 Å². The van der Waals surface area contributed by atoms with Gasteiger partial charge in [0.25, 0.3) is 0 Å². The Morgan fingerprint density at radius 3 is 2.59 bits per heavy atom. The van der Waals surface area contributed by atoms with Crippen molar-refractivity contribution in [1.82, 2.24) is 24.2 Å². The number of aromatic nitrogens is 4. The van der Waals surface area contributed by atoms with E-state index in [4.69, 9.17) is 20.3 Å². The van der Waals surface area contributed by atoms with E-state index in [0.717, 1.165) is 0 Å². The first kappa shape index (κ1) is 24.7. The SMILES string of the molecule is CC(C)N(C(C)C)[P+](O)(CCC#N)O[C@H]1[C@@H](O)[C@H](n2cnc3c(N)ncnc32)O[C@@H]1CO. The van der Waals surface area contributed by atoms with E-state index in [1.54, 1.807) is 0 Å². The lowest BCUT2D eigenvalue weighted by Gasteiger charge is -2.36. The van der Waals surface area contributed by atoms with Gasteiger partial charge in [-0.25, -0.2) is 19.8 Å². The van der Waals surface area contributed by atoms with Crippen molar-refractivity contribution in [2.24, 2.45) is 0 Å². The van der Waals surface area contributed by atoms with Crippen molar-refractivity contribution in [1.29, 1.82) is 5.26 Å². The maximum absolute atomic E-state index is 11.6. The summed E-state index contributed by atoms with van der Waals surface area (Å²) in [6.07, 6.45) is -1.30. The molecule has 1 saturated heterocycles. The van der Waals surface area contributed by atoms with Gasteiger partial charge in [0.2, 0.25) is 0 Å². The van der Waals surface area contributed by atoms with Gasteiger partial charge in [0.1, 0.15) is 30.2 Å². The number of aliphatic hydroxyl groups is 2. The molecular formula is C19H31N7O5P+.